The second kappa shape index (κ2) is 7.01. The average Bonchev–Trinajstić information content (AvgIpc) is 2.65. The van der Waals surface area contributed by atoms with Crippen molar-refractivity contribution in [3.63, 3.8) is 0 Å². The molecule has 3 heteroatoms. The Kier molecular flexibility index (Phi) is 4.62. The molecule has 0 atom stereocenters. The molecule has 3 rings (SSSR count). The van der Waals surface area contributed by atoms with Gasteiger partial charge < -0.3 is 9.47 Å². The number of methoxy groups -OCH3 is 2. The lowest BCUT2D eigenvalue weighted by Gasteiger charge is -2.07. The number of carbonyl (C=O) groups is 1. The molecule has 0 saturated heterocycles. The molecule has 24 heavy (non-hydrogen) atoms. The highest BCUT2D eigenvalue weighted by molar-refractivity contribution is 6.07. The van der Waals surface area contributed by atoms with E-state index in [1.165, 1.54) is 0 Å². The summed E-state index contributed by atoms with van der Waals surface area (Å²) in [5.74, 6) is 1.32. The molecule has 3 aromatic rings. The third-order valence-corrected chi connectivity index (χ3v) is 3.87. The van der Waals surface area contributed by atoms with Crippen LogP contribution in [0.1, 0.15) is 15.9 Å². The topological polar surface area (TPSA) is 35.5 Å². The van der Waals surface area contributed by atoms with Gasteiger partial charge in [-0.05, 0) is 47.2 Å². The van der Waals surface area contributed by atoms with Crippen molar-refractivity contribution in [3.8, 4) is 11.5 Å². The van der Waals surface area contributed by atoms with Crippen LogP contribution in [0.5, 0.6) is 11.5 Å². The standard InChI is InChI=1S/C21H18O3/c1-23-19-9-5-8-17(13-19)20(22)11-10-18-12-15-6-3-4-7-16(15)14-21(18)24-2/h3-14H,1-2H3/b11-10+. The maximum absolute atomic E-state index is 12.4. The summed E-state index contributed by atoms with van der Waals surface area (Å²) in [4.78, 5) is 12.4. The summed E-state index contributed by atoms with van der Waals surface area (Å²) in [6.45, 7) is 0. The van der Waals surface area contributed by atoms with Crippen molar-refractivity contribution < 1.29 is 14.3 Å². The van der Waals surface area contributed by atoms with Crippen molar-refractivity contribution in [2.75, 3.05) is 14.2 Å². The average molecular weight is 318 g/mol. The summed E-state index contributed by atoms with van der Waals surface area (Å²) in [6, 6.07) is 19.2. The number of carbonyl (C=O) groups excluding carboxylic acids is 1. The van der Waals surface area contributed by atoms with Crippen LogP contribution in [0.3, 0.4) is 0 Å². The zero-order chi connectivity index (χ0) is 16.9. The molecule has 0 unspecified atom stereocenters. The van der Waals surface area contributed by atoms with Crippen molar-refractivity contribution in [3.05, 3.63) is 77.9 Å². The van der Waals surface area contributed by atoms with Crippen molar-refractivity contribution in [2.24, 2.45) is 0 Å². The van der Waals surface area contributed by atoms with Gasteiger partial charge in [-0.25, -0.2) is 0 Å². The first-order valence-electron chi connectivity index (χ1n) is 7.64. The summed E-state index contributed by atoms with van der Waals surface area (Å²) < 4.78 is 10.6. The van der Waals surface area contributed by atoms with Gasteiger partial charge in [-0.3, -0.25) is 4.79 Å². The van der Waals surface area contributed by atoms with E-state index in [0.717, 1.165) is 22.1 Å². The van der Waals surface area contributed by atoms with Gasteiger partial charge in [-0.1, -0.05) is 36.4 Å². The van der Waals surface area contributed by atoms with Crippen molar-refractivity contribution >= 4 is 22.6 Å². The normalized spacial score (nSPS) is 10.9. The summed E-state index contributed by atoms with van der Waals surface area (Å²) in [6.07, 6.45) is 3.34. The Morgan fingerprint density at radius 3 is 2.33 bits per heavy atom. The first-order valence-corrected chi connectivity index (χ1v) is 7.64. The molecule has 0 radical (unpaired) electrons. The summed E-state index contributed by atoms with van der Waals surface area (Å²) in [5, 5.41) is 2.21. The highest BCUT2D eigenvalue weighted by atomic mass is 16.5. The molecule has 0 fully saturated rings. The second-order valence-electron chi connectivity index (χ2n) is 5.37. The number of benzene rings is 3. The van der Waals surface area contributed by atoms with E-state index >= 15 is 0 Å². The van der Waals surface area contributed by atoms with Crippen LogP contribution in [0.25, 0.3) is 16.8 Å². The highest BCUT2D eigenvalue weighted by Crippen LogP contribution is 2.27. The molecule has 3 aromatic carbocycles. The molecule has 0 heterocycles. The van der Waals surface area contributed by atoms with E-state index < -0.39 is 0 Å². The van der Waals surface area contributed by atoms with E-state index in [0.29, 0.717) is 11.3 Å². The fourth-order valence-electron chi connectivity index (χ4n) is 2.58. The predicted octanol–water partition coefficient (Wildman–Crippen LogP) is 4.75. The molecule has 0 bridgehead atoms. The first-order chi connectivity index (χ1) is 11.7. The SMILES string of the molecule is COc1cccc(C(=O)/C=C/c2cc3ccccc3cc2OC)c1. The number of ether oxygens (including phenoxy) is 2. The minimum absolute atomic E-state index is 0.0795. The van der Waals surface area contributed by atoms with Crippen LogP contribution >= 0.6 is 0 Å². The van der Waals surface area contributed by atoms with Crippen LogP contribution in [0, 0.1) is 0 Å². The molecule has 120 valence electrons. The number of allylic oxidation sites excluding steroid dienone is 1. The number of fused-ring (bicyclic) bond motifs is 1. The van der Waals surface area contributed by atoms with E-state index in [1.807, 2.05) is 42.5 Å². The van der Waals surface area contributed by atoms with E-state index in [4.69, 9.17) is 9.47 Å². The van der Waals surface area contributed by atoms with Crippen LogP contribution < -0.4 is 9.47 Å². The number of hydrogen-bond acceptors (Lipinski definition) is 3. The quantitative estimate of drug-likeness (QED) is 0.503. The third-order valence-electron chi connectivity index (χ3n) is 3.87. The molecular formula is C21H18O3. The van der Waals surface area contributed by atoms with Gasteiger partial charge in [-0.2, -0.15) is 0 Å². The van der Waals surface area contributed by atoms with E-state index in [-0.39, 0.29) is 5.78 Å². The maximum atomic E-state index is 12.4. The Bertz CT molecular complexity index is 910. The summed E-state index contributed by atoms with van der Waals surface area (Å²) in [5.41, 5.74) is 1.46. The lowest BCUT2D eigenvalue weighted by Crippen LogP contribution is -1.95. The van der Waals surface area contributed by atoms with Crippen molar-refractivity contribution in [1.82, 2.24) is 0 Å². The van der Waals surface area contributed by atoms with Gasteiger partial charge in [0.1, 0.15) is 11.5 Å². The molecule has 0 saturated carbocycles. The Labute approximate surface area is 141 Å². The Balaban J connectivity index is 1.93. The van der Waals surface area contributed by atoms with Crippen molar-refractivity contribution in [2.45, 2.75) is 0 Å². The van der Waals surface area contributed by atoms with Gasteiger partial charge >= 0.3 is 0 Å². The second-order valence-corrected chi connectivity index (χ2v) is 5.37. The Hall–Kier alpha value is -3.07. The molecule has 0 aliphatic rings. The molecule has 0 N–H and O–H groups in total. The molecule has 0 aromatic heterocycles. The zero-order valence-corrected chi connectivity index (χ0v) is 13.7. The Morgan fingerprint density at radius 2 is 1.62 bits per heavy atom. The lowest BCUT2D eigenvalue weighted by molar-refractivity contribution is 0.104. The summed E-state index contributed by atoms with van der Waals surface area (Å²) >= 11 is 0. The van der Waals surface area contributed by atoms with Crippen LogP contribution in [0.2, 0.25) is 0 Å². The van der Waals surface area contributed by atoms with E-state index in [1.54, 1.807) is 44.6 Å². The molecule has 0 aliphatic carbocycles. The smallest absolute Gasteiger partial charge is 0.185 e. The predicted molar refractivity (Wildman–Crippen MR) is 96.9 cm³/mol. The Morgan fingerprint density at radius 1 is 0.875 bits per heavy atom. The highest BCUT2D eigenvalue weighted by Gasteiger charge is 2.06. The van der Waals surface area contributed by atoms with Gasteiger partial charge in [0.25, 0.3) is 0 Å². The minimum atomic E-state index is -0.0795. The number of rotatable bonds is 5. The van der Waals surface area contributed by atoms with Crippen LogP contribution in [-0.2, 0) is 0 Å². The largest absolute Gasteiger partial charge is 0.497 e. The van der Waals surface area contributed by atoms with E-state index in [9.17, 15) is 4.79 Å². The van der Waals surface area contributed by atoms with Crippen LogP contribution in [0.15, 0.2) is 66.7 Å². The van der Waals surface area contributed by atoms with E-state index in [2.05, 4.69) is 0 Å². The fourth-order valence-corrected chi connectivity index (χ4v) is 2.58. The number of ketones is 1. The monoisotopic (exact) mass is 318 g/mol. The fraction of sp³-hybridized carbons (Fsp3) is 0.0952. The van der Waals surface area contributed by atoms with Gasteiger partial charge in [-0.15, -0.1) is 0 Å². The molecule has 0 aliphatic heterocycles. The van der Waals surface area contributed by atoms with Gasteiger partial charge in [0.05, 0.1) is 14.2 Å². The lowest BCUT2D eigenvalue weighted by atomic mass is 10.0. The molecular weight excluding hydrogens is 300 g/mol. The molecule has 0 spiro atoms. The first kappa shape index (κ1) is 15.8. The van der Waals surface area contributed by atoms with Crippen molar-refractivity contribution in [1.29, 1.82) is 0 Å². The van der Waals surface area contributed by atoms with Crippen LogP contribution in [0.4, 0.5) is 0 Å². The summed E-state index contributed by atoms with van der Waals surface area (Å²) in [7, 11) is 3.21. The third kappa shape index (κ3) is 3.30. The van der Waals surface area contributed by atoms with Gasteiger partial charge in [0.2, 0.25) is 0 Å². The zero-order valence-electron chi connectivity index (χ0n) is 13.7. The molecule has 3 nitrogen and oxygen atoms in total. The van der Waals surface area contributed by atoms with Gasteiger partial charge in [0.15, 0.2) is 5.78 Å². The molecule has 0 amide bonds. The number of hydrogen-bond donors (Lipinski definition) is 0. The maximum Gasteiger partial charge on any atom is 0.185 e. The van der Waals surface area contributed by atoms with Gasteiger partial charge in [0, 0.05) is 11.1 Å². The van der Waals surface area contributed by atoms with Crippen LogP contribution in [-0.4, -0.2) is 20.0 Å². The minimum Gasteiger partial charge on any atom is -0.497 e.